The number of aromatic nitrogens is 1. The van der Waals surface area contributed by atoms with Crippen LogP contribution < -0.4 is 9.44 Å². The summed E-state index contributed by atoms with van der Waals surface area (Å²) < 4.78 is 35.0. The lowest BCUT2D eigenvalue weighted by atomic mass is 10.1. The second-order valence-electron chi connectivity index (χ2n) is 4.19. The summed E-state index contributed by atoms with van der Waals surface area (Å²) >= 11 is 0. The Morgan fingerprint density at radius 1 is 1.50 bits per heavy atom. The predicted molar refractivity (Wildman–Crippen MR) is 65.3 cm³/mol. The van der Waals surface area contributed by atoms with Crippen molar-refractivity contribution in [2.45, 2.75) is 32.2 Å². The Hall–Kier alpha value is -1.12. The number of ether oxygens (including phenoxy) is 1. The van der Waals surface area contributed by atoms with Gasteiger partial charge in [0, 0.05) is 18.8 Å². The van der Waals surface area contributed by atoms with Crippen LogP contribution in [-0.2, 0) is 21.4 Å². The summed E-state index contributed by atoms with van der Waals surface area (Å²) in [7, 11) is -3.88. The van der Waals surface area contributed by atoms with E-state index in [0.717, 1.165) is 9.87 Å². The molecule has 1 aromatic heterocycles. The zero-order valence-electron chi connectivity index (χ0n) is 10.2. The van der Waals surface area contributed by atoms with E-state index in [-0.39, 0.29) is 11.9 Å². The highest BCUT2D eigenvalue weighted by Crippen LogP contribution is 2.28. The van der Waals surface area contributed by atoms with Gasteiger partial charge in [-0.15, -0.1) is 0 Å². The van der Waals surface area contributed by atoms with E-state index < -0.39 is 10.2 Å². The van der Waals surface area contributed by atoms with E-state index in [4.69, 9.17) is 14.4 Å². The second kappa shape index (κ2) is 5.25. The van der Waals surface area contributed by atoms with Gasteiger partial charge in [-0.1, -0.05) is 12.1 Å². The fourth-order valence-electron chi connectivity index (χ4n) is 2.09. The van der Waals surface area contributed by atoms with Crippen LogP contribution in [0.5, 0.6) is 0 Å². The lowest BCUT2D eigenvalue weighted by molar-refractivity contribution is 0.0868. The van der Waals surface area contributed by atoms with Gasteiger partial charge in [-0.05, 0) is 19.3 Å². The molecule has 0 aliphatic carbocycles. The molecule has 1 aliphatic heterocycles. The second-order valence-corrected chi connectivity index (χ2v) is 5.62. The normalized spacial score (nSPS) is 17.9. The lowest BCUT2D eigenvalue weighted by Gasteiger charge is -2.31. The number of hydrogen-bond donors (Lipinski definition) is 1. The molecular weight excluding hydrogens is 258 g/mol. The molecule has 7 nitrogen and oxygen atoms in total. The Balaban J connectivity index is 2.36. The molecule has 18 heavy (non-hydrogen) atoms. The van der Waals surface area contributed by atoms with E-state index >= 15 is 0 Å². The molecule has 8 heteroatoms. The maximum Gasteiger partial charge on any atom is 0.301 e. The molecule has 2 rings (SSSR count). The van der Waals surface area contributed by atoms with Crippen molar-refractivity contribution in [2.24, 2.45) is 5.14 Å². The van der Waals surface area contributed by atoms with Crippen LogP contribution in [0.15, 0.2) is 10.7 Å². The summed E-state index contributed by atoms with van der Waals surface area (Å²) in [6, 6.07) is -0.230. The molecule has 0 bridgehead atoms. The van der Waals surface area contributed by atoms with E-state index in [9.17, 15) is 8.42 Å². The van der Waals surface area contributed by atoms with Crippen molar-refractivity contribution >= 4 is 16.1 Å². The van der Waals surface area contributed by atoms with Gasteiger partial charge in [-0.3, -0.25) is 0 Å². The number of aryl methyl sites for hydroxylation is 1. The SMILES string of the molecule is CCc1cnoc1N(C1CCOCC1)S(N)(=O)=O. The van der Waals surface area contributed by atoms with Crippen LogP contribution in [0.4, 0.5) is 5.88 Å². The lowest BCUT2D eigenvalue weighted by Crippen LogP contribution is -2.47. The summed E-state index contributed by atoms with van der Waals surface area (Å²) in [5.41, 5.74) is 0.732. The van der Waals surface area contributed by atoms with Crippen molar-refractivity contribution in [3.05, 3.63) is 11.8 Å². The zero-order chi connectivity index (χ0) is 13.2. The first kappa shape index (κ1) is 13.3. The predicted octanol–water partition coefficient (Wildman–Crippen LogP) is 0.426. The van der Waals surface area contributed by atoms with Gasteiger partial charge in [0.05, 0.1) is 12.2 Å². The van der Waals surface area contributed by atoms with Crippen LogP contribution >= 0.6 is 0 Å². The average Bonchev–Trinajstić information content (AvgIpc) is 2.77. The molecule has 0 spiro atoms. The molecule has 2 N–H and O–H groups in total. The number of nitrogens with zero attached hydrogens (tertiary/aromatic N) is 2. The van der Waals surface area contributed by atoms with Gasteiger partial charge in [0.1, 0.15) is 0 Å². The monoisotopic (exact) mass is 275 g/mol. The Kier molecular flexibility index (Phi) is 3.88. The van der Waals surface area contributed by atoms with Gasteiger partial charge in [0.25, 0.3) is 0 Å². The fraction of sp³-hybridized carbons (Fsp3) is 0.700. The molecular formula is C10H17N3O4S. The number of nitrogens with two attached hydrogens (primary N) is 1. The van der Waals surface area contributed by atoms with E-state index in [1.807, 2.05) is 6.92 Å². The third kappa shape index (κ3) is 2.65. The summed E-state index contributed by atoms with van der Waals surface area (Å²) in [4.78, 5) is 0. The Bertz CT molecular complexity index is 493. The van der Waals surface area contributed by atoms with E-state index in [2.05, 4.69) is 5.16 Å². The minimum absolute atomic E-state index is 0.229. The molecule has 2 heterocycles. The van der Waals surface area contributed by atoms with Crippen molar-refractivity contribution in [2.75, 3.05) is 17.5 Å². The molecule has 0 unspecified atom stereocenters. The Morgan fingerprint density at radius 2 is 2.17 bits per heavy atom. The molecule has 1 fully saturated rings. The van der Waals surface area contributed by atoms with Crippen molar-refractivity contribution in [3.63, 3.8) is 0 Å². The molecule has 0 radical (unpaired) electrons. The van der Waals surface area contributed by atoms with Crippen LogP contribution in [0.2, 0.25) is 0 Å². The highest BCUT2D eigenvalue weighted by molar-refractivity contribution is 7.90. The molecule has 0 amide bonds. The number of anilines is 1. The summed E-state index contributed by atoms with van der Waals surface area (Å²) in [6.45, 7) is 2.94. The minimum Gasteiger partial charge on any atom is -0.381 e. The maximum absolute atomic E-state index is 11.8. The average molecular weight is 275 g/mol. The molecule has 0 atom stereocenters. The Labute approximate surface area is 106 Å². The molecule has 0 saturated carbocycles. The summed E-state index contributed by atoms with van der Waals surface area (Å²) in [5.74, 6) is 0.229. The van der Waals surface area contributed by atoms with Crippen LogP contribution in [0, 0.1) is 0 Å². The number of hydrogen-bond acceptors (Lipinski definition) is 5. The molecule has 1 aliphatic rings. The van der Waals surface area contributed by atoms with Gasteiger partial charge in [0.2, 0.25) is 5.88 Å². The molecule has 1 saturated heterocycles. The van der Waals surface area contributed by atoms with Crippen molar-refractivity contribution in [1.29, 1.82) is 0 Å². The highest BCUT2D eigenvalue weighted by Gasteiger charge is 2.33. The maximum atomic E-state index is 11.8. The van der Waals surface area contributed by atoms with E-state index in [1.54, 1.807) is 0 Å². The number of rotatable bonds is 4. The van der Waals surface area contributed by atoms with Gasteiger partial charge < -0.3 is 9.26 Å². The van der Waals surface area contributed by atoms with E-state index in [1.165, 1.54) is 6.20 Å². The smallest absolute Gasteiger partial charge is 0.301 e. The van der Waals surface area contributed by atoms with Gasteiger partial charge in [-0.25, -0.2) is 9.44 Å². The van der Waals surface area contributed by atoms with Crippen LogP contribution in [0.1, 0.15) is 25.3 Å². The largest absolute Gasteiger partial charge is 0.381 e. The van der Waals surface area contributed by atoms with Gasteiger partial charge in [0.15, 0.2) is 0 Å². The minimum atomic E-state index is -3.88. The molecule has 102 valence electrons. The van der Waals surface area contributed by atoms with Crippen molar-refractivity contribution in [1.82, 2.24) is 5.16 Å². The standard InChI is InChI=1S/C10H17N3O4S/c1-2-8-7-12-17-10(8)13(18(11,14)15)9-3-5-16-6-4-9/h7,9H,2-6H2,1H3,(H2,11,14,15). The van der Waals surface area contributed by atoms with Crippen molar-refractivity contribution < 1.29 is 17.7 Å². The zero-order valence-corrected chi connectivity index (χ0v) is 11.0. The van der Waals surface area contributed by atoms with Gasteiger partial charge >= 0.3 is 10.2 Å². The molecule has 0 aromatic carbocycles. The third-order valence-corrected chi connectivity index (χ3v) is 4.01. The third-order valence-electron chi connectivity index (χ3n) is 3.00. The van der Waals surface area contributed by atoms with Crippen LogP contribution in [-0.4, -0.2) is 32.8 Å². The van der Waals surface area contributed by atoms with Crippen LogP contribution in [0.3, 0.4) is 0 Å². The quantitative estimate of drug-likeness (QED) is 0.859. The first-order valence-electron chi connectivity index (χ1n) is 5.87. The first-order valence-corrected chi connectivity index (χ1v) is 7.37. The first-order chi connectivity index (χ1) is 8.54. The van der Waals surface area contributed by atoms with Crippen molar-refractivity contribution in [3.8, 4) is 0 Å². The summed E-state index contributed by atoms with van der Waals surface area (Å²) in [6.07, 6.45) is 3.35. The summed E-state index contributed by atoms with van der Waals surface area (Å²) in [5, 5.41) is 8.95. The van der Waals surface area contributed by atoms with Gasteiger partial charge in [-0.2, -0.15) is 8.42 Å². The fourth-order valence-corrected chi connectivity index (χ4v) is 3.09. The van der Waals surface area contributed by atoms with E-state index in [0.29, 0.717) is 32.5 Å². The topological polar surface area (TPSA) is 98.7 Å². The molecule has 1 aromatic rings. The highest BCUT2D eigenvalue weighted by atomic mass is 32.2. The Morgan fingerprint density at radius 3 is 2.72 bits per heavy atom. The van der Waals surface area contributed by atoms with Crippen LogP contribution in [0.25, 0.3) is 0 Å².